The molecule has 0 spiro atoms. The van der Waals surface area contributed by atoms with Gasteiger partial charge in [0.2, 0.25) is 0 Å². The van der Waals surface area contributed by atoms with Gasteiger partial charge in [-0.25, -0.2) is 0 Å². The van der Waals surface area contributed by atoms with Crippen LogP contribution in [0.15, 0.2) is 84.9 Å². The molecule has 30 heavy (non-hydrogen) atoms. The molecule has 0 N–H and O–H groups in total. The van der Waals surface area contributed by atoms with Crippen LogP contribution in [0.1, 0.15) is 43.9 Å². The number of allylic oxidation sites excluding steroid dienone is 2. The molecule has 0 aliphatic heterocycles. The van der Waals surface area contributed by atoms with Crippen molar-refractivity contribution in [1.29, 1.82) is 0 Å². The number of benzene rings is 3. The highest BCUT2D eigenvalue weighted by Crippen LogP contribution is 2.32. The number of rotatable bonds is 10. The molecule has 0 aliphatic carbocycles. The molecule has 0 fully saturated rings. The number of hydrogen-bond acceptors (Lipinski definition) is 2. The minimum atomic E-state index is 0.631. The Bertz CT molecular complexity index is 910. The van der Waals surface area contributed by atoms with E-state index in [2.05, 4.69) is 111 Å². The van der Waals surface area contributed by atoms with E-state index in [4.69, 9.17) is 4.74 Å². The fourth-order valence-electron chi connectivity index (χ4n) is 3.74. The minimum absolute atomic E-state index is 0.631. The van der Waals surface area contributed by atoms with Crippen molar-refractivity contribution in [2.45, 2.75) is 33.6 Å². The fraction of sp³-hybridized carbons (Fsp3) is 0.286. The molecule has 0 atom stereocenters. The summed E-state index contributed by atoms with van der Waals surface area (Å²) in [6.45, 7) is 9.19. The van der Waals surface area contributed by atoms with Gasteiger partial charge in [-0.3, -0.25) is 4.90 Å². The zero-order valence-corrected chi connectivity index (χ0v) is 18.5. The molecule has 0 aromatic heterocycles. The van der Waals surface area contributed by atoms with Crippen LogP contribution in [-0.2, 0) is 6.42 Å². The van der Waals surface area contributed by atoms with Gasteiger partial charge >= 0.3 is 0 Å². The first-order valence-electron chi connectivity index (χ1n) is 11.0. The van der Waals surface area contributed by atoms with Crippen molar-refractivity contribution in [3.8, 4) is 5.75 Å². The van der Waals surface area contributed by atoms with Gasteiger partial charge in [0.15, 0.2) is 0 Å². The lowest BCUT2D eigenvalue weighted by Gasteiger charge is -2.19. The van der Waals surface area contributed by atoms with Crippen LogP contribution in [0.2, 0.25) is 0 Å². The molecule has 0 bridgehead atoms. The van der Waals surface area contributed by atoms with Gasteiger partial charge in [0, 0.05) is 0 Å². The third-order valence-corrected chi connectivity index (χ3v) is 5.57. The maximum atomic E-state index is 5.97. The molecule has 0 heterocycles. The van der Waals surface area contributed by atoms with Crippen molar-refractivity contribution in [1.82, 2.24) is 4.90 Å². The highest BCUT2D eigenvalue weighted by atomic mass is 16.5. The maximum Gasteiger partial charge on any atom is 0.142 e. The lowest BCUT2D eigenvalue weighted by atomic mass is 9.89. The molecule has 0 radical (unpaired) electrons. The van der Waals surface area contributed by atoms with Crippen LogP contribution in [0.3, 0.4) is 0 Å². The van der Waals surface area contributed by atoms with E-state index in [1.807, 2.05) is 0 Å². The van der Waals surface area contributed by atoms with E-state index < -0.39 is 0 Å². The summed E-state index contributed by atoms with van der Waals surface area (Å²) in [7, 11) is 0. The van der Waals surface area contributed by atoms with E-state index in [1.54, 1.807) is 0 Å². The molecule has 0 saturated heterocycles. The number of ether oxygens (including phenoxy) is 1. The van der Waals surface area contributed by atoms with Gasteiger partial charge in [-0.1, -0.05) is 93.6 Å². The van der Waals surface area contributed by atoms with E-state index in [-0.39, 0.29) is 0 Å². The van der Waals surface area contributed by atoms with Crippen LogP contribution in [0.4, 0.5) is 0 Å². The normalized spacial score (nSPS) is 12.0. The first-order chi connectivity index (χ1) is 14.7. The third kappa shape index (κ3) is 5.84. The monoisotopic (exact) mass is 399 g/mol. The Labute approximate surface area is 181 Å². The van der Waals surface area contributed by atoms with E-state index in [0.717, 1.165) is 31.7 Å². The Morgan fingerprint density at radius 1 is 0.667 bits per heavy atom. The molecule has 3 aromatic carbocycles. The summed E-state index contributed by atoms with van der Waals surface area (Å²) in [6.07, 6.45) is 1.91. The third-order valence-electron chi connectivity index (χ3n) is 5.57. The molecule has 0 saturated carbocycles. The Morgan fingerprint density at radius 3 is 1.80 bits per heavy atom. The second-order valence-electron chi connectivity index (χ2n) is 7.44. The summed E-state index contributed by atoms with van der Waals surface area (Å²) in [6, 6.07) is 30.1. The van der Waals surface area contributed by atoms with Crippen LogP contribution < -0.4 is 4.74 Å². The van der Waals surface area contributed by atoms with Crippen LogP contribution in [0, 0.1) is 0 Å². The maximum absolute atomic E-state index is 5.97. The van der Waals surface area contributed by atoms with Crippen LogP contribution >= 0.6 is 0 Å². The van der Waals surface area contributed by atoms with E-state index in [9.17, 15) is 0 Å². The van der Waals surface area contributed by atoms with Gasteiger partial charge in [0.25, 0.3) is 0 Å². The molecule has 0 aliphatic rings. The smallest absolute Gasteiger partial charge is 0.142 e. The van der Waals surface area contributed by atoms with E-state index in [0.29, 0.717) is 6.73 Å². The summed E-state index contributed by atoms with van der Waals surface area (Å²) in [5.74, 6) is 0.922. The van der Waals surface area contributed by atoms with Gasteiger partial charge in [-0.15, -0.1) is 0 Å². The molecule has 0 amide bonds. The van der Waals surface area contributed by atoms with Crippen LogP contribution in [0.5, 0.6) is 5.75 Å². The SMILES string of the molecule is CC/C(=C(\Cc1ccccc1)c1ccccc1)c1ccc(OCN(CC)CC)cc1. The topological polar surface area (TPSA) is 12.5 Å². The van der Waals surface area contributed by atoms with Crippen LogP contribution in [0.25, 0.3) is 11.1 Å². The standard InChI is InChI=1S/C28H33NO/c1-4-27(25-17-19-26(20-18-25)30-22-29(5-2)6-3)28(24-15-11-8-12-16-24)21-23-13-9-7-10-14-23/h7-20H,4-6,21-22H2,1-3H3/b28-27-. The quantitative estimate of drug-likeness (QED) is 0.271. The van der Waals surface area contributed by atoms with E-state index >= 15 is 0 Å². The minimum Gasteiger partial charge on any atom is -0.478 e. The van der Waals surface area contributed by atoms with Gasteiger partial charge in [0.1, 0.15) is 12.5 Å². The average molecular weight is 400 g/mol. The zero-order valence-electron chi connectivity index (χ0n) is 18.5. The van der Waals surface area contributed by atoms with Gasteiger partial charge < -0.3 is 4.74 Å². The predicted octanol–water partition coefficient (Wildman–Crippen LogP) is 6.93. The summed E-state index contributed by atoms with van der Waals surface area (Å²) in [5, 5.41) is 0. The molecule has 2 nitrogen and oxygen atoms in total. The summed E-state index contributed by atoms with van der Waals surface area (Å²) in [5.41, 5.74) is 6.67. The van der Waals surface area contributed by atoms with Crippen molar-refractivity contribution in [2.24, 2.45) is 0 Å². The Morgan fingerprint density at radius 2 is 1.23 bits per heavy atom. The Balaban J connectivity index is 1.91. The summed E-state index contributed by atoms with van der Waals surface area (Å²) >= 11 is 0. The number of nitrogens with zero attached hydrogens (tertiary/aromatic N) is 1. The molecular formula is C28H33NO. The largest absolute Gasteiger partial charge is 0.478 e. The van der Waals surface area contributed by atoms with Gasteiger partial charge in [-0.05, 0) is 65.9 Å². The second kappa shape index (κ2) is 11.4. The highest BCUT2D eigenvalue weighted by molar-refractivity contribution is 5.91. The second-order valence-corrected chi connectivity index (χ2v) is 7.44. The molecular weight excluding hydrogens is 366 g/mol. The van der Waals surface area contributed by atoms with Crippen LogP contribution in [-0.4, -0.2) is 24.7 Å². The molecule has 156 valence electrons. The zero-order chi connectivity index (χ0) is 21.2. The summed E-state index contributed by atoms with van der Waals surface area (Å²) < 4.78 is 5.97. The van der Waals surface area contributed by atoms with E-state index in [1.165, 1.54) is 27.8 Å². The number of hydrogen-bond donors (Lipinski definition) is 0. The fourth-order valence-corrected chi connectivity index (χ4v) is 3.74. The van der Waals surface area contributed by atoms with Gasteiger partial charge in [-0.2, -0.15) is 0 Å². The molecule has 0 unspecified atom stereocenters. The van der Waals surface area contributed by atoms with Gasteiger partial charge in [0.05, 0.1) is 0 Å². The first-order valence-corrected chi connectivity index (χ1v) is 11.0. The lowest BCUT2D eigenvalue weighted by molar-refractivity contribution is 0.137. The van der Waals surface area contributed by atoms with Crippen molar-refractivity contribution >= 4 is 11.1 Å². The molecule has 3 aromatic rings. The lowest BCUT2D eigenvalue weighted by Crippen LogP contribution is -2.27. The molecule has 3 rings (SSSR count). The first kappa shape index (κ1) is 21.9. The van der Waals surface area contributed by atoms with Crippen molar-refractivity contribution < 1.29 is 4.74 Å². The average Bonchev–Trinajstić information content (AvgIpc) is 2.81. The van der Waals surface area contributed by atoms with Crippen molar-refractivity contribution in [3.63, 3.8) is 0 Å². The Hall–Kier alpha value is -2.84. The molecule has 2 heteroatoms. The van der Waals surface area contributed by atoms with Crippen molar-refractivity contribution in [3.05, 3.63) is 102 Å². The predicted molar refractivity (Wildman–Crippen MR) is 129 cm³/mol. The highest BCUT2D eigenvalue weighted by Gasteiger charge is 2.12. The van der Waals surface area contributed by atoms with Crippen molar-refractivity contribution in [2.75, 3.05) is 19.8 Å². The Kier molecular flexibility index (Phi) is 8.29. The summed E-state index contributed by atoms with van der Waals surface area (Å²) in [4.78, 5) is 2.26.